The van der Waals surface area contributed by atoms with Gasteiger partial charge in [0, 0.05) is 55.8 Å². The van der Waals surface area contributed by atoms with Crippen molar-refractivity contribution in [2.75, 3.05) is 39.1 Å². The van der Waals surface area contributed by atoms with Crippen molar-refractivity contribution in [1.82, 2.24) is 13.8 Å². The van der Waals surface area contributed by atoms with E-state index in [2.05, 4.69) is 9.47 Å². The number of fused-ring (bicyclic) bond motifs is 4. The van der Waals surface area contributed by atoms with Crippen molar-refractivity contribution in [3.63, 3.8) is 0 Å². The topological polar surface area (TPSA) is 75.0 Å². The Balaban J connectivity index is 1.65. The lowest BCUT2D eigenvalue weighted by Crippen LogP contribution is -2.67. The Kier molecular flexibility index (Phi) is 5.71. The molecule has 9 heteroatoms. The number of ether oxygens (including phenoxy) is 1. The van der Waals surface area contributed by atoms with Gasteiger partial charge in [0.05, 0.1) is 31.0 Å². The minimum absolute atomic E-state index is 0.0707. The van der Waals surface area contributed by atoms with E-state index in [-0.39, 0.29) is 24.2 Å². The van der Waals surface area contributed by atoms with E-state index >= 15 is 0 Å². The highest BCUT2D eigenvalue weighted by Crippen LogP contribution is 2.50. The maximum absolute atomic E-state index is 13.5. The first-order valence-corrected chi connectivity index (χ1v) is 13.1. The minimum atomic E-state index is -3.30. The van der Waals surface area contributed by atoms with Crippen LogP contribution in [0.25, 0.3) is 10.9 Å². The van der Waals surface area contributed by atoms with Gasteiger partial charge >= 0.3 is 0 Å². The molecule has 0 amide bonds. The van der Waals surface area contributed by atoms with Crippen LogP contribution < -0.4 is 4.74 Å². The predicted molar refractivity (Wildman–Crippen MR) is 129 cm³/mol. The smallest absolute Gasteiger partial charge is 0.213 e. The van der Waals surface area contributed by atoms with Gasteiger partial charge in [-0.15, -0.1) is 0 Å². The number of rotatable bonds is 6. The van der Waals surface area contributed by atoms with E-state index in [1.165, 1.54) is 12.1 Å². The first kappa shape index (κ1) is 23.3. The van der Waals surface area contributed by atoms with Crippen molar-refractivity contribution in [2.24, 2.45) is 7.05 Å². The fourth-order valence-electron chi connectivity index (χ4n) is 5.72. The standard InChI is InChI=1S/C25H30FN3O4S/c1-4-34(31,32)29-15-25(16-29)14-28(12-17-5-7-18(26)8-6-17)22(13-30)24-23(25)20-10-9-19(33-3)11-21(20)27(24)2/h5-11,22,30H,4,12-16H2,1-3H3/t22-/m0/s1. The Bertz CT molecular complexity index is 1330. The van der Waals surface area contributed by atoms with Crippen LogP contribution in [0.15, 0.2) is 42.5 Å². The number of halogens is 1. The lowest BCUT2D eigenvalue weighted by molar-refractivity contribution is 0.0242. The Labute approximate surface area is 199 Å². The van der Waals surface area contributed by atoms with Gasteiger partial charge in [0.15, 0.2) is 0 Å². The Morgan fingerprint density at radius 1 is 1.15 bits per heavy atom. The molecule has 0 radical (unpaired) electrons. The first-order valence-electron chi connectivity index (χ1n) is 11.5. The molecular weight excluding hydrogens is 457 g/mol. The van der Waals surface area contributed by atoms with Gasteiger partial charge in [0.2, 0.25) is 10.0 Å². The molecule has 1 atom stereocenters. The molecule has 0 aliphatic carbocycles. The molecule has 34 heavy (non-hydrogen) atoms. The second-order valence-electron chi connectivity index (χ2n) is 9.38. The van der Waals surface area contributed by atoms with Gasteiger partial charge in [0.1, 0.15) is 11.6 Å². The fourth-order valence-corrected chi connectivity index (χ4v) is 6.97. The zero-order valence-corrected chi connectivity index (χ0v) is 20.5. The molecule has 1 fully saturated rings. The summed E-state index contributed by atoms with van der Waals surface area (Å²) in [6, 6.07) is 12.1. The Morgan fingerprint density at radius 3 is 2.47 bits per heavy atom. The van der Waals surface area contributed by atoms with Crippen LogP contribution in [0.4, 0.5) is 4.39 Å². The molecular formula is C25H30FN3O4S. The van der Waals surface area contributed by atoms with Crippen molar-refractivity contribution in [1.29, 1.82) is 0 Å². The fraction of sp³-hybridized carbons (Fsp3) is 0.440. The lowest BCUT2D eigenvalue weighted by Gasteiger charge is -2.55. The Morgan fingerprint density at radius 2 is 1.85 bits per heavy atom. The maximum atomic E-state index is 13.5. The molecule has 5 rings (SSSR count). The average molecular weight is 488 g/mol. The minimum Gasteiger partial charge on any atom is -0.497 e. The summed E-state index contributed by atoms with van der Waals surface area (Å²) in [4.78, 5) is 2.20. The first-order chi connectivity index (χ1) is 16.2. The molecule has 0 bridgehead atoms. The SMILES string of the molecule is CCS(=O)(=O)N1CC2(CN(Cc3ccc(F)cc3)[C@@H](CO)c3c2c2ccc(OC)cc2n3C)C1. The summed E-state index contributed by atoms with van der Waals surface area (Å²) in [5.74, 6) is 0.523. The van der Waals surface area contributed by atoms with E-state index in [9.17, 15) is 17.9 Å². The largest absolute Gasteiger partial charge is 0.497 e. The summed E-state index contributed by atoms with van der Waals surface area (Å²) >= 11 is 0. The van der Waals surface area contributed by atoms with Crippen LogP contribution in [0.1, 0.15) is 29.8 Å². The highest BCUT2D eigenvalue weighted by Gasteiger charge is 2.55. The highest BCUT2D eigenvalue weighted by atomic mass is 32.2. The molecule has 182 valence electrons. The van der Waals surface area contributed by atoms with Crippen LogP contribution >= 0.6 is 0 Å². The molecule has 1 N–H and O–H groups in total. The molecule has 1 saturated heterocycles. The monoisotopic (exact) mass is 487 g/mol. The van der Waals surface area contributed by atoms with Gasteiger partial charge < -0.3 is 14.4 Å². The van der Waals surface area contributed by atoms with Crippen molar-refractivity contribution in [3.05, 3.63) is 65.1 Å². The summed E-state index contributed by atoms with van der Waals surface area (Å²) in [7, 11) is 0.315. The molecule has 7 nitrogen and oxygen atoms in total. The number of benzene rings is 2. The number of aliphatic hydroxyl groups excluding tert-OH is 1. The molecule has 1 aromatic heterocycles. The van der Waals surface area contributed by atoms with Crippen LogP contribution in [0.2, 0.25) is 0 Å². The number of methoxy groups -OCH3 is 1. The van der Waals surface area contributed by atoms with Crippen molar-refractivity contribution < 1.29 is 22.7 Å². The average Bonchev–Trinajstić information content (AvgIpc) is 3.10. The van der Waals surface area contributed by atoms with Gasteiger partial charge in [0.25, 0.3) is 0 Å². The summed E-state index contributed by atoms with van der Waals surface area (Å²) in [5.41, 5.74) is 3.65. The van der Waals surface area contributed by atoms with Crippen molar-refractivity contribution in [2.45, 2.75) is 24.9 Å². The number of hydrogen-bond donors (Lipinski definition) is 1. The quantitative estimate of drug-likeness (QED) is 0.579. The van der Waals surface area contributed by atoms with Crippen molar-refractivity contribution >= 4 is 20.9 Å². The Hall–Kier alpha value is -2.46. The van der Waals surface area contributed by atoms with E-state index in [1.54, 1.807) is 30.5 Å². The number of hydrogen-bond acceptors (Lipinski definition) is 5. The molecule has 2 aliphatic rings. The third-order valence-electron chi connectivity index (χ3n) is 7.43. The van der Waals surface area contributed by atoms with Gasteiger partial charge in [-0.25, -0.2) is 12.8 Å². The summed E-state index contributed by atoms with van der Waals surface area (Å²) < 4.78 is 47.8. The molecule has 3 heterocycles. The zero-order valence-electron chi connectivity index (χ0n) is 19.7. The van der Waals surface area contributed by atoms with Gasteiger partial charge in [-0.2, -0.15) is 4.31 Å². The third kappa shape index (κ3) is 3.53. The zero-order chi connectivity index (χ0) is 24.3. The molecule has 0 saturated carbocycles. The third-order valence-corrected chi connectivity index (χ3v) is 9.21. The molecule has 1 spiro atoms. The molecule has 2 aliphatic heterocycles. The molecule has 3 aromatic rings. The van der Waals surface area contributed by atoms with Gasteiger partial charge in [-0.3, -0.25) is 4.90 Å². The summed E-state index contributed by atoms with van der Waals surface area (Å²) in [6.45, 7) is 3.52. The number of aromatic nitrogens is 1. The second-order valence-corrected chi connectivity index (χ2v) is 11.6. The summed E-state index contributed by atoms with van der Waals surface area (Å²) in [6.07, 6.45) is 0. The second kappa shape index (κ2) is 8.34. The van der Waals surface area contributed by atoms with Gasteiger partial charge in [-0.05, 0) is 42.3 Å². The van der Waals surface area contributed by atoms with Crippen molar-refractivity contribution in [3.8, 4) is 5.75 Å². The highest BCUT2D eigenvalue weighted by molar-refractivity contribution is 7.89. The predicted octanol–water partition coefficient (Wildman–Crippen LogP) is 2.78. The maximum Gasteiger partial charge on any atom is 0.213 e. The van der Waals surface area contributed by atoms with Gasteiger partial charge in [-0.1, -0.05) is 12.1 Å². The van der Waals surface area contributed by atoms with Crippen LogP contribution in [-0.4, -0.2) is 66.4 Å². The van der Waals surface area contributed by atoms with Crippen LogP contribution in [-0.2, 0) is 29.0 Å². The van der Waals surface area contributed by atoms with Crippen LogP contribution in [0.3, 0.4) is 0 Å². The number of nitrogens with zero attached hydrogens (tertiary/aromatic N) is 3. The van der Waals surface area contributed by atoms with E-state index in [4.69, 9.17) is 4.74 Å². The number of aryl methyl sites for hydroxylation is 1. The summed E-state index contributed by atoms with van der Waals surface area (Å²) in [5, 5.41) is 11.6. The number of sulfonamides is 1. The number of aliphatic hydroxyl groups is 1. The van der Waals surface area contributed by atoms with E-state index in [0.717, 1.165) is 33.5 Å². The molecule has 2 aromatic carbocycles. The normalized spacial score (nSPS) is 20.4. The van der Waals surface area contributed by atoms with E-state index in [1.807, 2.05) is 25.2 Å². The van der Waals surface area contributed by atoms with E-state index < -0.39 is 15.4 Å². The van der Waals surface area contributed by atoms with Crippen LogP contribution in [0, 0.1) is 5.82 Å². The van der Waals surface area contributed by atoms with E-state index in [0.29, 0.717) is 26.2 Å². The van der Waals surface area contributed by atoms with Crippen LogP contribution in [0.5, 0.6) is 5.75 Å². The lowest BCUT2D eigenvalue weighted by atomic mass is 9.70. The molecule has 0 unspecified atom stereocenters.